The van der Waals surface area contributed by atoms with Gasteiger partial charge in [-0.2, -0.15) is 13.2 Å². The first-order chi connectivity index (χ1) is 14.4. The van der Waals surface area contributed by atoms with Crippen molar-refractivity contribution < 1.29 is 45.4 Å². The van der Waals surface area contributed by atoms with Crippen LogP contribution in [0.3, 0.4) is 0 Å². The van der Waals surface area contributed by atoms with Crippen LogP contribution in [0.15, 0.2) is 42.5 Å². The number of hydrogen-bond acceptors (Lipinski definition) is 5. The van der Waals surface area contributed by atoms with E-state index < -0.39 is 57.8 Å². The maximum absolute atomic E-state index is 13.0. The zero-order valence-corrected chi connectivity index (χ0v) is 17.0. The number of aromatic carboxylic acids is 1. The number of carboxylic acid groups (broad SMARTS) is 1. The molecule has 0 saturated heterocycles. The van der Waals surface area contributed by atoms with E-state index in [-0.39, 0.29) is 12.1 Å². The molecule has 12 heteroatoms. The third kappa shape index (κ3) is 8.06. The number of ether oxygens (including phenoxy) is 2. The number of carbonyl (C=O) groups is 1. The summed E-state index contributed by atoms with van der Waals surface area (Å²) in [5, 5.41) is 9.20. The number of halogens is 4. The number of benzene rings is 2. The van der Waals surface area contributed by atoms with Crippen molar-refractivity contribution in [1.29, 1.82) is 0 Å². The van der Waals surface area contributed by atoms with Crippen molar-refractivity contribution in [2.45, 2.75) is 18.7 Å². The Morgan fingerprint density at radius 2 is 1.81 bits per heavy atom. The Labute approximate surface area is 175 Å². The van der Waals surface area contributed by atoms with Crippen molar-refractivity contribution in [2.75, 3.05) is 24.2 Å². The predicted molar refractivity (Wildman–Crippen MR) is 103 cm³/mol. The van der Waals surface area contributed by atoms with Crippen LogP contribution in [0.25, 0.3) is 0 Å². The fraction of sp³-hybridized carbons (Fsp3) is 0.316. The Morgan fingerprint density at radius 1 is 1.16 bits per heavy atom. The molecule has 0 fully saturated rings. The molecule has 31 heavy (non-hydrogen) atoms. The lowest BCUT2D eigenvalue weighted by molar-refractivity contribution is -0.153. The lowest BCUT2D eigenvalue weighted by Gasteiger charge is -2.17. The van der Waals surface area contributed by atoms with Gasteiger partial charge in [0.05, 0.1) is 11.9 Å². The Kier molecular flexibility index (Phi) is 7.85. The van der Waals surface area contributed by atoms with Crippen molar-refractivity contribution in [3.8, 4) is 5.75 Å². The largest absolute Gasteiger partial charge is 0.483 e. The lowest BCUT2D eigenvalue weighted by atomic mass is 10.1. The van der Waals surface area contributed by atoms with Crippen molar-refractivity contribution >= 4 is 21.7 Å². The van der Waals surface area contributed by atoms with Gasteiger partial charge < -0.3 is 14.6 Å². The first-order valence-electron chi connectivity index (χ1n) is 8.73. The predicted octanol–water partition coefficient (Wildman–Crippen LogP) is 3.46. The monoisotopic (exact) mass is 465 g/mol. The molecule has 2 aromatic carbocycles. The minimum absolute atomic E-state index is 0.169. The second kappa shape index (κ2) is 9.96. The Hall–Kier alpha value is -2.86. The standard InChI is InChI=1S/C19H19F4NO6S/c1-29-15(8-12-2-4-13(20)5-3-12)10-31(27,28)24-14-6-7-17(16(9-14)18(25)26)30-11-19(21,22)23/h2-7,9,15,24H,8,10-11H2,1H3,(H,25,26). The van der Waals surface area contributed by atoms with E-state index in [2.05, 4.69) is 9.46 Å². The maximum Gasteiger partial charge on any atom is 0.422 e. The summed E-state index contributed by atoms with van der Waals surface area (Å²) in [5.74, 6) is -3.10. The van der Waals surface area contributed by atoms with Gasteiger partial charge in [0.15, 0.2) is 6.61 Å². The van der Waals surface area contributed by atoms with Gasteiger partial charge in [0, 0.05) is 12.8 Å². The molecule has 2 aromatic rings. The normalized spacial score (nSPS) is 12.9. The highest BCUT2D eigenvalue weighted by Gasteiger charge is 2.29. The second-order valence-electron chi connectivity index (χ2n) is 6.49. The van der Waals surface area contributed by atoms with E-state index in [1.54, 1.807) is 0 Å². The third-order valence-corrected chi connectivity index (χ3v) is 5.35. The molecule has 0 aromatic heterocycles. The third-order valence-electron chi connectivity index (χ3n) is 3.99. The Morgan fingerprint density at radius 3 is 2.35 bits per heavy atom. The fourth-order valence-corrected chi connectivity index (χ4v) is 3.92. The van der Waals surface area contributed by atoms with Gasteiger partial charge in [-0.1, -0.05) is 12.1 Å². The number of alkyl halides is 3. The molecule has 170 valence electrons. The molecule has 0 bridgehead atoms. The summed E-state index contributed by atoms with van der Waals surface area (Å²) >= 11 is 0. The van der Waals surface area contributed by atoms with E-state index in [1.807, 2.05) is 0 Å². The molecular formula is C19H19F4NO6S. The number of carboxylic acids is 1. The van der Waals surface area contributed by atoms with Crippen molar-refractivity contribution in [2.24, 2.45) is 0 Å². The van der Waals surface area contributed by atoms with Gasteiger partial charge in [0.2, 0.25) is 10.0 Å². The summed E-state index contributed by atoms with van der Waals surface area (Å²) in [6, 6.07) is 8.29. The summed E-state index contributed by atoms with van der Waals surface area (Å²) in [6.45, 7) is -1.70. The highest BCUT2D eigenvalue weighted by Crippen LogP contribution is 2.26. The van der Waals surface area contributed by atoms with E-state index in [0.29, 0.717) is 5.56 Å². The van der Waals surface area contributed by atoms with Crippen LogP contribution in [0.2, 0.25) is 0 Å². The zero-order valence-electron chi connectivity index (χ0n) is 16.1. The van der Waals surface area contributed by atoms with Crippen molar-refractivity contribution in [1.82, 2.24) is 0 Å². The molecule has 0 aliphatic heterocycles. The summed E-state index contributed by atoms with van der Waals surface area (Å²) in [6.07, 6.45) is -5.30. The second-order valence-corrected chi connectivity index (χ2v) is 8.26. The molecule has 1 atom stereocenters. The Balaban J connectivity index is 2.12. The SMILES string of the molecule is COC(Cc1ccc(F)cc1)CS(=O)(=O)Nc1ccc(OCC(F)(F)F)c(C(=O)O)c1. The van der Waals surface area contributed by atoms with Gasteiger partial charge in [-0.3, -0.25) is 4.72 Å². The Bertz CT molecular complexity index is 1010. The van der Waals surface area contributed by atoms with Crippen LogP contribution in [0.1, 0.15) is 15.9 Å². The van der Waals surface area contributed by atoms with Crippen LogP contribution in [-0.2, 0) is 21.2 Å². The first-order valence-corrected chi connectivity index (χ1v) is 10.4. The molecule has 0 saturated carbocycles. The number of sulfonamides is 1. The summed E-state index contributed by atoms with van der Waals surface area (Å²) in [7, 11) is -2.72. The molecule has 0 spiro atoms. The van der Waals surface area contributed by atoms with Gasteiger partial charge in [-0.05, 0) is 42.3 Å². The maximum atomic E-state index is 13.0. The number of rotatable bonds is 10. The summed E-state index contributed by atoms with van der Waals surface area (Å²) in [4.78, 5) is 11.3. The molecule has 0 heterocycles. The van der Waals surface area contributed by atoms with Crippen LogP contribution < -0.4 is 9.46 Å². The van der Waals surface area contributed by atoms with Crippen LogP contribution in [0.4, 0.5) is 23.2 Å². The highest BCUT2D eigenvalue weighted by atomic mass is 32.2. The van der Waals surface area contributed by atoms with E-state index in [1.165, 1.54) is 31.4 Å². The van der Waals surface area contributed by atoms with Crippen molar-refractivity contribution in [3.05, 3.63) is 59.4 Å². The number of nitrogens with one attached hydrogen (secondary N) is 1. The van der Waals surface area contributed by atoms with Gasteiger partial charge >= 0.3 is 12.1 Å². The molecule has 0 aliphatic rings. The fourth-order valence-electron chi connectivity index (χ4n) is 2.61. The number of methoxy groups -OCH3 is 1. The van der Waals surface area contributed by atoms with Crippen LogP contribution in [0, 0.1) is 5.82 Å². The van der Waals surface area contributed by atoms with Gasteiger partial charge in [-0.15, -0.1) is 0 Å². The van der Waals surface area contributed by atoms with E-state index >= 15 is 0 Å². The molecule has 0 aliphatic carbocycles. The molecule has 0 amide bonds. The average molecular weight is 465 g/mol. The summed E-state index contributed by atoms with van der Waals surface area (Å²) < 4.78 is 86.7. The summed E-state index contributed by atoms with van der Waals surface area (Å²) in [5.41, 5.74) is -0.171. The minimum Gasteiger partial charge on any atom is -0.483 e. The lowest BCUT2D eigenvalue weighted by Crippen LogP contribution is -2.29. The molecule has 7 nitrogen and oxygen atoms in total. The molecule has 2 N–H and O–H groups in total. The van der Waals surface area contributed by atoms with Gasteiger partial charge in [-0.25, -0.2) is 17.6 Å². The number of hydrogen-bond donors (Lipinski definition) is 2. The van der Waals surface area contributed by atoms with E-state index in [9.17, 15) is 35.9 Å². The highest BCUT2D eigenvalue weighted by molar-refractivity contribution is 7.92. The zero-order chi connectivity index (χ0) is 23.2. The molecule has 0 radical (unpaired) electrons. The average Bonchev–Trinajstić information content (AvgIpc) is 2.66. The van der Waals surface area contributed by atoms with Crippen LogP contribution >= 0.6 is 0 Å². The first kappa shape index (κ1) is 24.4. The number of anilines is 1. The van der Waals surface area contributed by atoms with Gasteiger partial charge in [0.25, 0.3) is 0 Å². The molecule has 1 unspecified atom stereocenters. The topological polar surface area (TPSA) is 102 Å². The molecule has 2 rings (SSSR count). The van der Waals surface area contributed by atoms with E-state index in [4.69, 9.17) is 4.74 Å². The van der Waals surface area contributed by atoms with E-state index in [0.717, 1.165) is 18.2 Å². The molecular weight excluding hydrogens is 446 g/mol. The van der Waals surface area contributed by atoms with Crippen LogP contribution in [-0.4, -0.2) is 51.2 Å². The van der Waals surface area contributed by atoms with Crippen LogP contribution in [0.5, 0.6) is 5.75 Å². The smallest absolute Gasteiger partial charge is 0.422 e. The van der Waals surface area contributed by atoms with Gasteiger partial charge in [0.1, 0.15) is 17.1 Å². The quantitative estimate of drug-likeness (QED) is 0.521. The minimum atomic E-state index is -4.67. The van der Waals surface area contributed by atoms with Crippen molar-refractivity contribution in [3.63, 3.8) is 0 Å².